The summed E-state index contributed by atoms with van der Waals surface area (Å²) in [6, 6.07) is 6.14. The number of nitrogens with one attached hydrogen (secondary N) is 1. The van der Waals surface area contributed by atoms with Gasteiger partial charge in [-0.15, -0.1) is 0 Å². The minimum atomic E-state index is 0.138. The third-order valence-corrected chi connectivity index (χ3v) is 4.14. The smallest absolute Gasteiger partial charge is 0.0618 e. The van der Waals surface area contributed by atoms with Gasteiger partial charge in [-0.1, -0.05) is 18.5 Å². The Labute approximate surface area is 132 Å². The number of aromatic nitrogens is 2. The number of nitrogens with zero attached hydrogens (tertiary/aromatic N) is 2. The van der Waals surface area contributed by atoms with E-state index in [1.165, 1.54) is 9.13 Å². The molecule has 0 fully saturated rings. The first-order chi connectivity index (χ1) is 9.11. The molecule has 0 saturated carbocycles. The average molecular weight is 390 g/mol. The van der Waals surface area contributed by atoms with Gasteiger partial charge in [-0.05, 0) is 59.3 Å². The molecule has 1 heterocycles. The van der Waals surface area contributed by atoms with Crippen molar-refractivity contribution in [3.8, 4) is 0 Å². The van der Waals surface area contributed by atoms with E-state index in [4.69, 9.17) is 11.6 Å². The topological polar surface area (TPSA) is 29.9 Å². The van der Waals surface area contributed by atoms with Crippen LogP contribution in [0.3, 0.4) is 0 Å². The summed E-state index contributed by atoms with van der Waals surface area (Å²) >= 11 is 8.49. The summed E-state index contributed by atoms with van der Waals surface area (Å²) in [5.41, 5.74) is 2.37. The van der Waals surface area contributed by atoms with Gasteiger partial charge in [0.2, 0.25) is 0 Å². The van der Waals surface area contributed by atoms with Crippen molar-refractivity contribution in [1.29, 1.82) is 0 Å². The molecule has 19 heavy (non-hydrogen) atoms. The van der Waals surface area contributed by atoms with E-state index in [0.717, 1.165) is 23.6 Å². The van der Waals surface area contributed by atoms with Crippen molar-refractivity contribution < 1.29 is 0 Å². The minimum Gasteiger partial charge on any atom is -0.306 e. The number of rotatable bonds is 5. The molecule has 1 N–H and O–H groups in total. The highest BCUT2D eigenvalue weighted by atomic mass is 127. The summed E-state index contributed by atoms with van der Waals surface area (Å²) in [5.74, 6) is 0. The van der Waals surface area contributed by atoms with Crippen LogP contribution in [0.25, 0.3) is 0 Å². The SMILES string of the molecule is CCCNC(c1cnn(C)c1)c1cc(Cl)ccc1I. The van der Waals surface area contributed by atoms with Crippen molar-refractivity contribution in [1.82, 2.24) is 15.1 Å². The third kappa shape index (κ3) is 3.70. The Morgan fingerprint density at radius 2 is 2.26 bits per heavy atom. The van der Waals surface area contributed by atoms with Gasteiger partial charge < -0.3 is 5.32 Å². The number of halogens is 2. The van der Waals surface area contributed by atoms with Crippen LogP contribution in [0.1, 0.15) is 30.5 Å². The molecular weight excluding hydrogens is 373 g/mol. The van der Waals surface area contributed by atoms with E-state index in [-0.39, 0.29) is 6.04 Å². The molecule has 0 radical (unpaired) electrons. The fourth-order valence-electron chi connectivity index (χ4n) is 2.02. The first kappa shape index (κ1) is 14.8. The van der Waals surface area contributed by atoms with Gasteiger partial charge in [0, 0.05) is 27.4 Å². The molecule has 0 saturated heterocycles. The number of benzene rings is 1. The Hall–Kier alpha value is -0.590. The maximum absolute atomic E-state index is 6.14. The second-order valence-electron chi connectivity index (χ2n) is 4.50. The molecule has 0 aliphatic carbocycles. The van der Waals surface area contributed by atoms with Crippen LogP contribution < -0.4 is 5.32 Å². The summed E-state index contributed by atoms with van der Waals surface area (Å²) in [4.78, 5) is 0. The lowest BCUT2D eigenvalue weighted by Gasteiger charge is -2.19. The molecule has 102 valence electrons. The largest absolute Gasteiger partial charge is 0.306 e. The zero-order chi connectivity index (χ0) is 13.8. The molecule has 2 aromatic rings. The average Bonchev–Trinajstić information content (AvgIpc) is 2.80. The Morgan fingerprint density at radius 1 is 1.47 bits per heavy atom. The van der Waals surface area contributed by atoms with Crippen LogP contribution in [0.4, 0.5) is 0 Å². The summed E-state index contributed by atoms with van der Waals surface area (Å²) in [6.07, 6.45) is 5.04. The number of hydrogen-bond donors (Lipinski definition) is 1. The van der Waals surface area contributed by atoms with Crippen molar-refractivity contribution in [3.05, 3.63) is 50.3 Å². The lowest BCUT2D eigenvalue weighted by Crippen LogP contribution is -2.23. The Morgan fingerprint density at radius 3 is 2.89 bits per heavy atom. The van der Waals surface area contributed by atoms with E-state index < -0.39 is 0 Å². The van der Waals surface area contributed by atoms with Crippen molar-refractivity contribution in [2.24, 2.45) is 7.05 Å². The molecule has 1 aromatic heterocycles. The first-order valence-corrected chi connectivity index (χ1v) is 7.74. The molecule has 5 heteroatoms. The van der Waals surface area contributed by atoms with Crippen molar-refractivity contribution in [3.63, 3.8) is 0 Å². The lowest BCUT2D eigenvalue weighted by molar-refractivity contribution is 0.596. The van der Waals surface area contributed by atoms with Crippen LogP contribution in [0.5, 0.6) is 0 Å². The van der Waals surface area contributed by atoms with E-state index >= 15 is 0 Å². The first-order valence-electron chi connectivity index (χ1n) is 6.28. The van der Waals surface area contributed by atoms with E-state index in [1.807, 2.05) is 36.3 Å². The van der Waals surface area contributed by atoms with Crippen molar-refractivity contribution in [2.45, 2.75) is 19.4 Å². The summed E-state index contributed by atoms with van der Waals surface area (Å²) in [5, 5.41) is 8.60. The molecule has 3 nitrogen and oxygen atoms in total. The van der Waals surface area contributed by atoms with Gasteiger partial charge in [-0.3, -0.25) is 4.68 Å². The highest BCUT2D eigenvalue weighted by Crippen LogP contribution is 2.28. The van der Waals surface area contributed by atoms with Gasteiger partial charge in [0.15, 0.2) is 0 Å². The predicted octanol–water partition coefficient (Wildman–Crippen LogP) is 3.77. The van der Waals surface area contributed by atoms with Crippen LogP contribution in [0.15, 0.2) is 30.6 Å². The Kier molecular flexibility index (Phi) is 5.24. The fourth-order valence-corrected chi connectivity index (χ4v) is 2.85. The molecule has 0 amide bonds. The van der Waals surface area contributed by atoms with Gasteiger partial charge in [0.25, 0.3) is 0 Å². The van der Waals surface area contributed by atoms with Gasteiger partial charge in [-0.25, -0.2) is 0 Å². The Bertz CT molecular complexity index is 553. The second-order valence-corrected chi connectivity index (χ2v) is 6.10. The molecular formula is C14H17ClIN3. The second kappa shape index (κ2) is 6.72. The van der Waals surface area contributed by atoms with Crippen LogP contribution in [0, 0.1) is 3.57 Å². The summed E-state index contributed by atoms with van der Waals surface area (Å²) < 4.78 is 3.03. The highest BCUT2D eigenvalue weighted by Gasteiger charge is 2.17. The zero-order valence-corrected chi connectivity index (χ0v) is 13.9. The monoisotopic (exact) mass is 389 g/mol. The number of hydrogen-bond acceptors (Lipinski definition) is 2. The van der Waals surface area contributed by atoms with Gasteiger partial charge in [-0.2, -0.15) is 5.10 Å². The molecule has 0 spiro atoms. The summed E-state index contributed by atoms with van der Waals surface area (Å²) in [7, 11) is 1.93. The van der Waals surface area contributed by atoms with Crippen LogP contribution in [-0.2, 0) is 7.05 Å². The van der Waals surface area contributed by atoms with E-state index in [0.29, 0.717) is 0 Å². The van der Waals surface area contributed by atoms with Crippen molar-refractivity contribution in [2.75, 3.05) is 6.54 Å². The maximum Gasteiger partial charge on any atom is 0.0618 e. The zero-order valence-electron chi connectivity index (χ0n) is 11.0. The summed E-state index contributed by atoms with van der Waals surface area (Å²) in [6.45, 7) is 3.12. The molecule has 2 rings (SSSR count). The Balaban J connectivity index is 2.39. The highest BCUT2D eigenvalue weighted by molar-refractivity contribution is 14.1. The maximum atomic E-state index is 6.14. The normalized spacial score (nSPS) is 12.6. The lowest BCUT2D eigenvalue weighted by atomic mass is 10.0. The number of aryl methyl sites for hydroxylation is 1. The van der Waals surface area contributed by atoms with Crippen LogP contribution in [0.2, 0.25) is 5.02 Å². The van der Waals surface area contributed by atoms with Crippen molar-refractivity contribution >= 4 is 34.2 Å². The van der Waals surface area contributed by atoms with Gasteiger partial charge >= 0.3 is 0 Å². The predicted molar refractivity (Wildman–Crippen MR) is 87.5 cm³/mol. The molecule has 0 aliphatic rings. The van der Waals surface area contributed by atoms with Gasteiger partial charge in [0.05, 0.1) is 12.2 Å². The van der Waals surface area contributed by atoms with Crippen LogP contribution >= 0.6 is 34.2 Å². The molecule has 0 aliphatic heterocycles. The minimum absolute atomic E-state index is 0.138. The van der Waals surface area contributed by atoms with E-state index in [9.17, 15) is 0 Å². The molecule has 0 bridgehead atoms. The van der Waals surface area contributed by atoms with Gasteiger partial charge in [0.1, 0.15) is 0 Å². The quantitative estimate of drug-likeness (QED) is 0.789. The molecule has 1 aromatic carbocycles. The van der Waals surface area contributed by atoms with Crippen LogP contribution in [-0.4, -0.2) is 16.3 Å². The fraction of sp³-hybridized carbons (Fsp3) is 0.357. The standard InChI is InChI=1S/C14H17ClIN3/c1-3-6-17-14(10-8-18-19(2)9-10)12-7-11(15)4-5-13(12)16/h4-5,7-9,14,17H,3,6H2,1-2H3. The third-order valence-electron chi connectivity index (χ3n) is 2.93. The van der Waals surface area contributed by atoms with E-state index in [2.05, 4.69) is 46.0 Å². The van der Waals surface area contributed by atoms with E-state index in [1.54, 1.807) is 0 Å². The molecule has 1 unspecified atom stereocenters. The molecule has 1 atom stereocenters.